The van der Waals surface area contributed by atoms with Crippen molar-refractivity contribution in [3.05, 3.63) is 36.4 Å². The van der Waals surface area contributed by atoms with E-state index in [9.17, 15) is 0 Å². The van der Waals surface area contributed by atoms with Gasteiger partial charge in [0.15, 0.2) is 11.6 Å². The third-order valence-corrected chi connectivity index (χ3v) is 6.35. The molecule has 6 heteroatoms. The van der Waals surface area contributed by atoms with Gasteiger partial charge in [-0.25, -0.2) is 9.97 Å². The smallest absolute Gasteiger partial charge is 0.195 e. The van der Waals surface area contributed by atoms with Gasteiger partial charge >= 0.3 is 0 Å². The molecule has 4 saturated heterocycles. The van der Waals surface area contributed by atoms with Gasteiger partial charge in [-0.3, -0.25) is 9.80 Å². The highest BCUT2D eigenvalue weighted by molar-refractivity contribution is 5.45. The second-order valence-corrected chi connectivity index (χ2v) is 7.91. The second kappa shape index (κ2) is 7.10. The van der Waals surface area contributed by atoms with Gasteiger partial charge in [-0.15, -0.1) is 0 Å². The van der Waals surface area contributed by atoms with E-state index in [1.54, 1.807) is 6.26 Å². The van der Waals surface area contributed by atoms with Gasteiger partial charge in [0.25, 0.3) is 0 Å². The number of piperidine rings is 3. The molecule has 0 aliphatic carbocycles. The van der Waals surface area contributed by atoms with Crippen molar-refractivity contribution in [1.82, 2.24) is 24.7 Å². The lowest BCUT2D eigenvalue weighted by Gasteiger charge is -2.51. The molecule has 4 fully saturated rings. The molecule has 0 spiro atoms. The fraction of sp³-hybridized carbons (Fsp3) is 0.600. The molecule has 0 unspecified atom stereocenters. The second-order valence-electron chi connectivity index (χ2n) is 7.91. The van der Waals surface area contributed by atoms with Crippen LogP contribution in [0.1, 0.15) is 18.4 Å². The largest absolute Gasteiger partial charge is 0.461 e. The Bertz CT molecular complexity index is 700. The molecule has 4 aliphatic heterocycles. The molecule has 2 bridgehead atoms. The zero-order chi connectivity index (χ0) is 17.3. The Morgan fingerprint density at radius 1 is 1.00 bits per heavy atom. The summed E-state index contributed by atoms with van der Waals surface area (Å²) in [6.45, 7) is 9.57. The first-order valence-corrected chi connectivity index (χ1v) is 9.89. The van der Waals surface area contributed by atoms with E-state index in [1.807, 2.05) is 24.5 Å². The first-order chi connectivity index (χ1) is 12.8. The zero-order valence-electron chi connectivity index (χ0n) is 15.3. The molecule has 0 saturated carbocycles. The van der Waals surface area contributed by atoms with Crippen LogP contribution in [-0.2, 0) is 6.54 Å². The van der Waals surface area contributed by atoms with Gasteiger partial charge in [0.05, 0.1) is 6.26 Å². The van der Waals surface area contributed by atoms with E-state index >= 15 is 0 Å². The van der Waals surface area contributed by atoms with Gasteiger partial charge in [0.1, 0.15) is 0 Å². The zero-order valence-corrected chi connectivity index (χ0v) is 15.3. The van der Waals surface area contributed by atoms with Gasteiger partial charge < -0.3 is 9.32 Å². The molecule has 0 N–H and O–H groups in total. The van der Waals surface area contributed by atoms with Crippen molar-refractivity contribution >= 4 is 0 Å². The summed E-state index contributed by atoms with van der Waals surface area (Å²) in [5.41, 5.74) is 1.18. The average molecular weight is 353 g/mol. The van der Waals surface area contributed by atoms with E-state index in [0.717, 1.165) is 37.4 Å². The summed E-state index contributed by atoms with van der Waals surface area (Å²) in [5, 5.41) is 0. The average Bonchev–Trinajstić information content (AvgIpc) is 3.25. The van der Waals surface area contributed by atoms with Crippen LogP contribution in [-0.4, -0.2) is 76.5 Å². The Morgan fingerprint density at radius 3 is 2.38 bits per heavy atom. The summed E-state index contributed by atoms with van der Waals surface area (Å²) >= 11 is 0. The minimum Gasteiger partial charge on any atom is -0.461 e. The lowest BCUT2D eigenvalue weighted by Crippen LogP contribution is -2.60. The number of fused-ring (bicyclic) bond motifs is 3. The highest BCUT2D eigenvalue weighted by Gasteiger charge is 2.38. The number of rotatable bonds is 4. The molecule has 2 aromatic heterocycles. The van der Waals surface area contributed by atoms with Crippen molar-refractivity contribution in [2.24, 2.45) is 5.92 Å². The topological polar surface area (TPSA) is 48.6 Å². The van der Waals surface area contributed by atoms with Gasteiger partial charge in [-0.2, -0.15) is 0 Å². The molecule has 26 heavy (non-hydrogen) atoms. The van der Waals surface area contributed by atoms with Crippen molar-refractivity contribution in [3.8, 4) is 11.6 Å². The minimum atomic E-state index is 0.658. The summed E-state index contributed by atoms with van der Waals surface area (Å²) in [6, 6.07) is 4.56. The van der Waals surface area contributed by atoms with Crippen molar-refractivity contribution in [3.63, 3.8) is 0 Å². The maximum absolute atomic E-state index is 5.36. The van der Waals surface area contributed by atoms with Crippen LogP contribution in [0.25, 0.3) is 11.6 Å². The predicted molar refractivity (Wildman–Crippen MR) is 99.5 cm³/mol. The minimum absolute atomic E-state index is 0.658. The fourth-order valence-corrected chi connectivity index (χ4v) is 4.83. The van der Waals surface area contributed by atoms with Crippen LogP contribution >= 0.6 is 0 Å². The van der Waals surface area contributed by atoms with Crippen molar-refractivity contribution < 1.29 is 4.42 Å². The Balaban J connectivity index is 1.15. The van der Waals surface area contributed by atoms with Crippen LogP contribution in [0.2, 0.25) is 0 Å². The number of hydrogen-bond donors (Lipinski definition) is 0. The summed E-state index contributed by atoms with van der Waals surface area (Å²) < 4.78 is 5.36. The van der Waals surface area contributed by atoms with Crippen LogP contribution in [0.4, 0.5) is 0 Å². The molecule has 6 nitrogen and oxygen atoms in total. The van der Waals surface area contributed by atoms with Crippen LogP contribution in [0.3, 0.4) is 0 Å². The molecule has 2 aromatic rings. The maximum Gasteiger partial charge on any atom is 0.195 e. The Labute approximate surface area is 154 Å². The van der Waals surface area contributed by atoms with Gasteiger partial charge in [-0.05, 0) is 44.0 Å². The number of furan rings is 1. The lowest BCUT2D eigenvalue weighted by atomic mass is 9.83. The van der Waals surface area contributed by atoms with E-state index < -0.39 is 0 Å². The maximum atomic E-state index is 5.36. The number of aromatic nitrogens is 2. The van der Waals surface area contributed by atoms with E-state index in [2.05, 4.69) is 24.7 Å². The van der Waals surface area contributed by atoms with Gasteiger partial charge in [0.2, 0.25) is 0 Å². The van der Waals surface area contributed by atoms with Crippen molar-refractivity contribution in [2.75, 3.05) is 45.8 Å². The molecule has 6 heterocycles. The monoisotopic (exact) mass is 353 g/mol. The molecule has 0 radical (unpaired) electrons. The van der Waals surface area contributed by atoms with E-state index in [1.165, 1.54) is 51.1 Å². The first kappa shape index (κ1) is 16.4. The highest BCUT2D eigenvalue weighted by atomic mass is 16.3. The number of piperazine rings is 1. The summed E-state index contributed by atoms with van der Waals surface area (Å²) in [4.78, 5) is 16.9. The molecule has 6 rings (SSSR count). The third-order valence-electron chi connectivity index (χ3n) is 6.35. The number of nitrogens with zero attached hydrogens (tertiary/aromatic N) is 5. The van der Waals surface area contributed by atoms with Crippen LogP contribution in [0, 0.1) is 5.92 Å². The molecule has 4 aliphatic rings. The van der Waals surface area contributed by atoms with E-state index in [4.69, 9.17) is 4.42 Å². The summed E-state index contributed by atoms with van der Waals surface area (Å²) in [5.74, 6) is 2.32. The van der Waals surface area contributed by atoms with Crippen LogP contribution in [0.15, 0.2) is 35.2 Å². The molecule has 0 aromatic carbocycles. The SMILES string of the molecule is c1coc(-c2ncc(CN3CCN([C@@H]4CN5CCC4CC5)CC3)cn2)c1. The molecular formula is C20H27N5O. The fourth-order valence-electron chi connectivity index (χ4n) is 4.83. The molecule has 138 valence electrons. The van der Waals surface area contributed by atoms with E-state index in [-0.39, 0.29) is 0 Å². The van der Waals surface area contributed by atoms with Crippen LogP contribution < -0.4 is 0 Å². The molecule has 0 amide bonds. The normalized spacial score (nSPS) is 29.9. The summed E-state index contributed by atoms with van der Waals surface area (Å²) in [6.07, 6.45) is 8.34. The Morgan fingerprint density at radius 2 is 1.77 bits per heavy atom. The van der Waals surface area contributed by atoms with Crippen LogP contribution in [0.5, 0.6) is 0 Å². The molecular weight excluding hydrogens is 326 g/mol. The Hall–Kier alpha value is -1.76. The first-order valence-electron chi connectivity index (χ1n) is 9.89. The highest BCUT2D eigenvalue weighted by Crippen LogP contribution is 2.31. The Kier molecular flexibility index (Phi) is 4.48. The van der Waals surface area contributed by atoms with Crippen molar-refractivity contribution in [2.45, 2.75) is 25.4 Å². The molecule has 1 atom stereocenters. The van der Waals surface area contributed by atoms with Gasteiger partial charge in [-0.1, -0.05) is 0 Å². The van der Waals surface area contributed by atoms with E-state index in [0.29, 0.717) is 5.82 Å². The standard InChI is InChI=1S/C20H27N5O/c1-2-19(26-11-1)20-21-12-16(13-22-20)14-24-7-9-25(10-8-24)18-15-23-5-3-17(18)4-6-23/h1-2,11-13,17-18H,3-10,14-15H2/t18-/m1/s1. The predicted octanol–water partition coefficient (Wildman–Crippen LogP) is 1.95. The van der Waals surface area contributed by atoms with Gasteiger partial charge in [0, 0.05) is 63.3 Å². The quantitative estimate of drug-likeness (QED) is 0.837. The van der Waals surface area contributed by atoms with Crippen molar-refractivity contribution in [1.29, 1.82) is 0 Å². The number of hydrogen-bond acceptors (Lipinski definition) is 6. The summed E-state index contributed by atoms with van der Waals surface area (Å²) in [7, 11) is 0. The lowest BCUT2D eigenvalue weighted by molar-refractivity contribution is -0.0162. The third kappa shape index (κ3) is 3.29.